The van der Waals surface area contributed by atoms with Crippen LogP contribution >= 0.6 is 0 Å². The molecule has 2 heterocycles. The van der Waals surface area contributed by atoms with Gasteiger partial charge in [0, 0.05) is 31.9 Å². The molecule has 0 aromatic carbocycles. The number of carbonyl (C=O) groups is 1. The summed E-state index contributed by atoms with van der Waals surface area (Å²) >= 11 is 0. The summed E-state index contributed by atoms with van der Waals surface area (Å²) in [5, 5.41) is 8.72. The van der Waals surface area contributed by atoms with Crippen LogP contribution in [-0.2, 0) is 11.3 Å². The highest BCUT2D eigenvalue weighted by Crippen LogP contribution is 2.21. The molecule has 4 heteroatoms. The molecule has 2 rings (SSSR count). The minimum absolute atomic E-state index is 0.298. The minimum atomic E-state index is -0.684. The fraction of sp³-hybridized carbons (Fsp3) is 0.500. The third-order valence-electron chi connectivity index (χ3n) is 2.99. The van der Waals surface area contributed by atoms with Crippen LogP contribution < -0.4 is 0 Å². The molecule has 1 atom stereocenters. The Morgan fingerprint density at radius 2 is 2.25 bits per heavy atom. The van der Waals surface area contributed by atoms with Crippen molar-refractivity contribution in [1.82, 2.24) is 9.88 Å². The van der Waals surface area contributed by atoms with E-state index in [2.05, 4.69) is 9.88 Å². The number of carboxylic acid groups (broad SMARTS) is 1. The van der Waals surface area contributed by atoms with E-state index in [0.717, 1.165) is 26.1 Å². The van der Waals surface area contributed by atoms with Gasteiger partial charge in [0.2, 0.25) is 0 Å². The maximum atomic E-state index is 10.6. The quantitative estimate of drug-likeness (QED) is 0.832. The van der Waals surface area contributed by atoms with Crippen molar-refractivity contribution in [3.05, 3.63) is 30.1 Å². The van der Waals surface area contributed by atoms with Gasteiger partial charge >= 0.3 is 5.97 Å². The lowest BCUT2D eigenvalue weighted by Gasteiger charge is -2.15. The summed E-state index contributed by atoms with van der Waals surface area (Å²) in [5.74, 6) is -0.366. The number of carboxylic acids is 1. The van der Waals surface area contributed by atoms with Crippen LogP contribution in [0.5, 0.6) is 0 Å². The largest absolute Gasteiger partial charge is 0.481 e. The van der Waals surface area contributed by atoms with Gasteiger partial charge in [-0.2, -0.15) is 0 Å². The molecular formula is C12H16N2O2. The summed E-state index contributed by atoms with van der Waals surface area (Å²) in [6.45, 7) is 2.80. The third-order valence-corrected chi connectivity index (χ3v) is 2.99. The maximum Gasteiger partial charge on any atom is 0.303 e. The lowest BCUT2D eigenvalue weighted by atomic mass is 10.1. The fourth-order valence-corrected chi connectivity index (χ4v) is 2.22. The van der Waals surface area contributed by atoms with E-state index in [9.17, 15) is 4.79 Å². The molecule has 0 saturated carbocycles. The van der Waals surface area contributed by atoms with Gasteiger partial charge < -0.3 is 5.11 Å². The van der Waals surface area contributed by atoms with Crippen LogP contribution in [-0.4, -0.2) is 34.0 Å². The summed E-state index contributed by atoms with van der Waals surface area (Å²) in [7, 11) is 0. The second-order valence-corrected chi connectivity index (χ2v) is 4.34. The SMILES string of the molecule is O=C(O)C[C@@H]1CCN(Cc2ccncc2)C1. The number of hydrogen-bond acceptors (Lipinski definition) is 3. The van der Waals surface area contributed by atoms with Gasteiger partial charge in [-0.15, -0.1) is 0 Å². The lowest BCUT2D eigenvalue weighted by molar-refractivity contribution is -0.138. The Hall–Kier alpha value is -1.42. The molecule has 4 nitrogen and oxygen atoms in total. The Kier molecular flexibility index (Phi) is 3.51. The standard InChI is InChI=1S/C12H16N2O2/c15-12(16)7-11-3-6-14(9-11)8-10-1-4-13-5-2-10/h1-2,4-5,11H,3,6-9H2,(H,15,16)/t11-/m0/s1. The molecule has 0 radical (unpaired) electrons. The van der Waals surface area contributed by atoms with Crippen molar-refractivity contribution < 1.29 is 9.90 Å². The van der Waals surface area contributed by atoms with Gasteiger partial charge in [0.1, 0.15) is 0 Å². The fourth-order valence-electron chi connectivity index (χ4n) is 2.22. The molecule has 1 N–H and O–H groups in total. The summed E-state index contributed by atoms with van der Waals surface area (Å²) in [6.07, 6.45) is 4.88. The Morgan fingerprint density at radius 1 is 1.50 bits per heavy atom. The molecule has 0 amide bonds. The van der Waals surface area contributed by atoms with Crippen LogP contribution in [0, 0.1) is 5.92 Å². The monoisotopic (exact) mass is 220 g/mol. The van der Waals surface area contributed by atoms with E-state index in [0.29, 0.717) is 12.3 Å². The van der Waals surface area contributed by atoms with Crippen molar-refractivity contribution >= 4 is 5.97 Å². The number of hydrogen-bond donors (Lipinski definition) is 1. The first-order valence-electron chi connectivity index (χ1n) is 5.57. The van der Waals surface area contributed by atoms with E-state index in [1.807, 2.05) is 12.1 Å². The van der Waals surface area contributed by atoms with Crippen molar-refractivity contribution in [1.29, 1.82) is 0 Å². The number of rotatable bonds is 4. The Balaban J connectivity index is 1.83. The average molecular weight is 220 g/mol. The normalized spacial score (nSPS) is 21.1. The first-order valence-corrected chi connectivity index (χ1v) is 5.57. The summed E-state index contributed by atoms with van der Waals surface area (Å²) < 4.78 is 0. The predicted molar refractivity (Wildman–Crippen MR) is 59.9 cm³/mol. The summed E-state index contributed by atoms with van der Waals surface area (Å²) in [6, 6.07) is 4.01. The molecule has 1 aliphatic heterocycles. The van der Waals surface area contributed by atoms with Crippen LogP contribution in [0.4, 0.5) is 0 Å². The minimum Gasteiger partial charge on any atom is -0.481 e. The zero-order chi connectivity index (χ0) is 11.4. The van der Waals surface area contributed by atoms with Crippen molar-refractivity contribution in [2.45, 2.75) is 19.4 Å². The molecule has 1 aromatic heterocycles. The highest BCUT2D eigenvalue weighted by atomic mass is 16.4. The Bertz CT molecular complexity index is 353. The summed E-state index contributed by atoms with van der Waals surface area (Å²) in [5.41, 5.74) is 1.24. The number of pyridine rings is 1. The van der Waals surface area contributed by atoms with Crippen molar-refractivity contribution in [2.75, 3.05) is 13.1 Å². The van der Waals surface area contributed by atoms with Crippen molar-refractivity contribution in [3.8, 4) is 0 Å². The molecule has 1 saturated heterocycles. The Morgan fingerprint density at radius 3 is 2.94 bits per heavy atom. The van der Waals surface area contributed by atoms with Gasteiger partial charge in [0.15, 0.2) is 0 Å². The molecule has 0 aliphatic carbocycles. The average Bonchev–Trinajstić information content (AvgIpc) is 2.66. The number of likely N-dealkylation sites (tertiary alicyclic amines) is 1. The number of aliphatic carboxylic acids is 1. The molecule has 1 fully saturated rings. The van der Waals surface area contributed by atoms with Gasteiger partial charge in [-0.1, -0.05) is 0 Å². The second kappa shape index (κ2) is 5.07. The molecule has 16 heavy (non-hydrogen) atoms. The Labute approximate surface area is 94.9 Å². The van der Waals surface area contributed by atoms with E-state index < -0.39 is 5.97 Å². The zero-order valence-electron chi connectivity index (χ0n) is 9.17. The second-order valence-electron chi connectivity index (χ2n) is 4.34. The van der Waals surface area contributed by atoms with E-state index in [1.54, 1.807) is 12.4 Å². The lowest BCUT2D eigenvalue weighted by Crippen LogP contribution is -2.20. The van der Waals surface area contributed by atoms with Gasteiger partial charge in [-0.25, -0.2) is 0 Å². The van der Waals surface area contributed by atoms with Crippen LogP contribution in [0.2, 0.25) is 0 Å². The molecule has 86 valence electrons. The van der Waals surface area contributed by atoms with Gasteiger partial charge in [0.25, 0.3) is 0 Å². The highest BCUT2D eigenvalue weighted by Gasteiger charge is 2.24. The van der Waals surface area contributed by atoms with Crippen LogP contribution in [0.3, 0.4) is 0 Å². The topological polar surface area (TPSA) is 53.4 Å². The van der Waals surface area contributed by atoms with E-state index in [4.69, 9.17) is 5.11 Å². The van der Waals surface area contributed by atoms with E-state index in [-0.39, 0.29) is 0 Å². The molecule has 0 spiro atoms. The van der Waals surface area contributed by atoms with Crippen LogP contribution in [0.25, 0.3) is 0 Å². The molecule has 1 aromatic rings. The molecule has 1 aliphatic rings. The molecule has 0 bridgehead atoms. The van der Waals surface area contributed by atoms with Crippen LogP contribution in [0.15, 0.2) is 24.5 Å². The van der Waals surface area contributed by atoms with Crippen molar-refractivity contribution in [3.63, 3.8) is 0 Å². The zero-order valence-corrected chi connectivity index (χ0v) is 9.17. The van der Waals surface area contributed by atoms with Crippen molar-refractivity contribution in [2.24, 2.45) is 5.92 Å². The van der Waals surface area contributed by atoms with E-state index in [1.165, 1.54) is 5.56 Å². The van der Waals surface area contributed by atoms with E-state index >= 15 is 0 Å². The molecular weight excluding hydrogens is 204 g/mol. The van der Waals surface area contributed by atoms with Gasteiger partial charge in [0.05, 0.1) is 0 Å². The van der Waals surface area contributed by atoms with Gasteiger partial charge in [-0.3, -0.25) is 14.7 Å². The first kappa shape index (κ1) is 11.1. The van der Waals surface area contributed by atoms with Crippen LogP contribution in [0.1, 0.15) is 18.4 Å². The number of aromatic nitrogens is 1. The predicted octanol–water partition coefficient (Wildman–Crippen LogP) is 1.38. The third kappa shape index (κ3) is 3.03. The highest BCUT2D eigenvalue weighted by molar-refractivity contribution is 5.67. The number of nitrogens with zero attached hydrogens (tertiary/aromatic N) is 2. The first-order chi connectivity index (χ1) is 7.74. The summed E-state index contributed by atoms with van der Waals surface area (Å²) in [4.78, 5) is 16.9. The van der Waals surface area contributed by atoms with Gasteiger partial charge in [-0.05, 0) is 36.6 Å². The molecule has 0 unspecified atom stereocenters. The maximum absolute atomic E-state index is 10.6. The smallest absolute Gasteiger partial charge is 0.303 e.